The van der Waals surface area contributed by atoms with Crippen molar-refractivity contribution in [3.05, 3.63) is 87.8 Å². The summed E-state index contributed by atoms with van der Waals surface area (Å²) in [6.45, 7) is 3.62. The molecule has 11 heteroatoms. The minimum atomic E-state index is -4.55. The van der Waals surface area contributed by atoms with Gasteiger partial charge in [0.15, 0.2) is 22.4 Å². The van der Waals surface area contributed by atoms with E-state index in [9.17, 15) is 22.8 Å². The van der Waals surface area contributed by atoms with Gasteiger partial charge in [0, 0.05) is 5.69 Å². The summed E-state index contributed by atoms with van der Waals surface area (Å²) in [4.78, 5) is 26.8. The van der Waals surface area contributed by atoms with E-state index in [-0.39, 0.29) is 27.4 Å². The van der Waals surface area contributed by atoms with Crippen LogP contribution in [0.15, 0.2) is 65.6 Å². The van der Waals surface area contributed by atoms with Crippen molar-refractivity contribution < 1.29 is 32.2 Å². The molecule has 1 N–H and O–H groups in total. The van der Waals surface area contributed by atoms with Gasteiger partial charge in [0.05, 0.1) is 23.3 Å². The lowest BCUT2D eigenvalue weighted by Crippen LogP contribution is -2.27. The summed E-state index contributed by atoms with van der Waals surface area (Å²) < 4.78 is 50.6. The van der Waals surface area contributed by atoms with Crippen molar-refractivity contribution in [1.29, 1.82) is 0 Å². The first kappa shape index (κ1) is 28.2. The smallest absolute Gasteiger partial charge is 0.416 e. The van der Waals surface area contributed by atoms with E-state index >= 15 is 0 Å². The number of amides is 2. The molecule has 3 aromatic rings. The number of halogens is 3. The third kappa shape index (κ3) is 6.61. The maximum absolute atomic E-state index is 13.1. The number of nitrogens with zero attached hydrogens (tertiary/aromatic N) is 1. The van der Waals surface area contributed by atoms with E-state index in [1.54, 1.807) is 24.3 Å². The molecule has 39 heavy (non-hydrogen) atoms. The summed E-state index contributed by atoms with van der Waals surface area (Å²) in [5, 5.41) is 2.81. The van der Waals surface area contributed by atoms with Crippen molar-refractivity contribution in [1.82, 2.24) is 0 Å². The summed E-state index contributed by atoms with van der Waals surface area (Å²) in [6.07, 6.45) is -2.99. The summed E-state index contributed by atoms with van der Waals surface area (Å²) >= 11 is 6.26. The minimum Gasteiger partial charge on any atom is -0.493 e. The van der Waals surface area contributed by atoms with Crippen molar-refractivity contribution in [3.63, 3.8) is 0 Å². The van der Waals surface area contributed by atoms with Crippen LogP contribution in [-0.4, -0.2) is 29.9 Å². The average molecular weight is 573 g/mol. The molecule has 0 aliphatic carbocycles. The van der Waals surface area contributed by atoms with Gasteiger partial charge in [0.25, 0.3) is 11.8 Å². The molecule has 0 saturated carbocycles. The Balaban J connectivity index is 1.47. The van der Waals surface area contributed by atoms with Crippen molar-refractivity contribution in [2.45, 2.75) is 20.0 Å². The molecule has 6 nitrogen and oxygen atoms in total. The Hall–Kier alpha value is -3.83. The van der Waals surface area contributed by atoms with Crippen LogP contribution in [0.2, 0.25) is 0 Å². The van der Waals surface area contributed by atoms with Crippen LogP contribution in [0.25, 0.3) is 6.08 Å². The number of ether oxygens (including phenoxy) is 2. The normalized spacial score (nSPS) is 14.6. The molecule has 1 fully saturated rings. The quantitative estimate of drug-likeness (QED) is 0.250. The molecule has 3 aromatic carbocycles. The fourth-order valence-electron chi connectivity index (χ4n) is 3.84. The van der Waals surface area contributed by atoms with Gasteiger partial charge in [-0.1, -0.05) is 53.8 Å². The van der Waals surface area contributed by atoms with E-state index in [0.29, 0.717) is 22.7 Å². The molecular weight excluding hydrogens is 549 g/mol. The Morgan fingerprint density at radius 2 is 1.85 bits per heavy atom. The van der Waals surface area contributed by atoms with E-state index in [1.807, 2.05) is 32.0 Å². The largest absolute Gasteiger partial charge is 0.493 e. The first-order chi connectivity index (χ1) is 18.5. The molecule has 1 aliphatic rings. The van der Waals surface area contributed by atoms with Crippen molar-refractivity contribution in [2.75, 3.05) is 23.9 Å². The van der Waals surface area contributed by atoms with Crippen molar-refractivity contribution in [2.24, 2.45) is 0 Å². The summed E-state index contributed by atoms with van der Waals surface area (Å²) in [7, 11) is 1.44. The zero-order valence-corrected chi connectivity index (χ0v) is 22.7. The number of alkyl halides is 3. The molecule has 4 rings (SSSR count). The van der Waals surface area contributed by atoms with Gasteiger partial charge in [-0.15, -0.1) is 0 Å². The first-order valence-corrected chi connectivity index (χ1v) is 12.8. The van der Waals surface area contributed by atoms with Crippen LogP contribution in [-0.2, 0) is 15.8 Å². The molecule has 1 aliphatic heterocycles. The lowest BCUT2D eigenvalue weighted by atomic mass is 10.1. The van der Waals surface area contributed by atoms with Gasteiger partial charge in [-0.05, 0) is 67.4 Å². The monoisotopic (exact) mass is 572 g/mol. The maximum atomic E-state index is 13.1. The van der Waals surface area contributed by atoms with Gasteiger partial charge in [-0.2, -0.15) is 13.2 Å². The topological polar surface area (TPSA) is 67.9 Å². The summed E-state index contributed by atoms with van der Waals surface area (Å²) in [5.41, 5.74) is 2.45. The molecule has 0 spiro atoms. The SMILES string of the molecule is COc1cc(/C=C2\SC(=S)N(c3cccc(C(F)(F)F)c3)C2=O)ccc1OCC(=O)Nc1ccc(C)cc1C. The van der Waals surface area contributed by atoms with Crippen LogP contribution in [0.4, 0.5) is 24.5 Å². The zero-order valence-electron chi connectivity index (χ0n) is 21.1. The highest BCUT2D eigenvalue weighted by Crippen LogP contribution is 2.39. The van der Waals surface area contributed by atoms with Crippen LogP contribution in [0.5, 0.6) is 11.5 Å². The Kier molecular flexibility index (Phi) is 8.31. The number of carbonyl (C=O) groups excluding carboxylic acids is 2. The van der Waals surface area contributed by atoms with Crippen LogP contribution in [0.3, 0.4) is 0 Å². The number of thioether (sulfide) groups is 1. The van der Waals surface area contributed by atoms with E-state index < -0.39 is 17.6 Å². The second-order valence-electron chi connectivity index (χ2n) is 8.63. The Bertz CT molecular complexity index is 1490. The molecular formula is C28H23F3N2O4S2. The fourth-order valence-corrected chi connectivity index (χ4v) is 5.14. The van der Waals surface area contributed by atoms with E-state index in [2.05, 4.69) is 5.32 Å². The van der Waals surface area contributed by atoms with Gasteiger partial charge in [-0.25, -0.2) is 0 Å². The lowest BCUT2D eigenvalue weighted by molar-refractivity contribution is -0.137. The molecule has 0 aromatic heterocycles. The Morgan fingerprint density at radius 3 is 2.54 bits per heavy atom. The predicted octanol–water partition coefficient (Wildman–Crippen LogP) is 6.75. The molecule has 2 amide bonds. The summed E-state index contributed by atoms with van der Waals surface area (Å²) in [5.74, 6) is -0.226. The van der Waals surface area contributed by atoms with Gasteiger partial charge in [0.1, 0.15) is 0 Å². The fraction of sp³-hybridized carbons (Fsp3) is 0.179. The molecule has 1 saturated heterocycles. The summed E-state index contributed by atoms with van der Waals surface area (Å²) in [6, 6.07) is 15.0. The lowest BCUT2D eigenvalue weighted by Gasteiger charge is -2.16. The van der Waals surface area contributed by atoms with Gasteiger partial charge >= 0.3 is 6.18 Å². The van der Waals surface area contributed by atoms with E-state index in [0.717, 1.165) is 39.9 Å². The van der Waals surface area contributed by atoms with Gasteiger partial charge < -0.3 is 14.8 Å². The van der Waals surface area contributed by atoms with Crippen molar-refractivity contribution in [3.8, 4) is 11.5 Å². The Morgan fingerprint density at radius 1 is 1.08 bits per heavy atom. The second kappa shape index (κ2) is 11.5. The molecule has 0 bridgehead atoms. The second-order valence-corrected chi connectivity index (χ2v) is 10.3. The number of carbonyl (C=O) groups is 2. The molecule has 1 heterocycles. The number of anilines is 2. The number of aryl methyl sites for hydroxylation is 2. The van der Waals surface area contributed by atoms with Gasteiger partial charge in [-0.3, -0.25) is 14.5 Å². The number of methoxy groups -OCH3 is 1. The number of nitrogens with one attached hydrogen (secondary N) is 1. The Labute approximate surface area is 232 Å². The van der Waals surface area contributed by atoms with E-state index in [1.165, 1.54) is 19.2 Å². The maximum Gasteiger partial charge on any atom is 0.416 e. The predicted molar refractivity (Wildman–Crippen MR) is 150 cm³/mol. The first-order valence-electron chi connectivity index (χ1n) is 11.6. The average Bonchev–Trinajstić information content (AvgIpc) is 3.16. The minimum absolute atomic E-state index is 0.0381. The highest BCUT2D eigenvalue weighted by Gasteiger charge is 2.36. The van der Waals surface area contributed by atoms with Gasteiger partial charge in [0.2, 0.25) is 0 Å². The number of benzene rings is 3. The molecule has 0 atom stereocenters. The molecule has 0 unspecified atom stereocenters. The highest BCUT2D eigenvalue weighted by molar-refractivity contribution is 8.27. The number of rotatable bonds is 7. The van der Waals surface area contributed by atoms with Crippen molar-refractivity contribution >= 4 is 57.6 Å². The van der Waals surface area contributed by atoms with Crippen LogP contribution in [0, 0.1) is 13.8 Å². The number of hydrogen-bond acceptors (Lipinski definition) is 6. The highest BCUT2D eigenvalue weighted by atomic mass is 32.2. The van der Waals surface area contributed by atoms with Crippen LogP contribution < -0.4 is 19.7 Å². The third-order valence-electron chi connectivity index (χ3n) is 5.73. The molecule has 202 valence electrons. The third-order valence-corrected chi connectivity index (χ3v) is 7.03. The number of hydrogen-bond donors (Lipinski definition) is 1. The number of thiocarbonyl (C=S) groups is 1. The molecule has 0 radical (unpaired) electrons. The van der Waals surface area contributed by atoms with E-state index in [4.69, 9.17) is 21.7 Å². The van der Waals surface area contributed by atoms with Crippen LogP contribution >= 0.6 is 24.0 Å². The standard InChI is InChI=1S/C28H23F3N2O4S2/c1-16-7-9-21(17(2)11-16)32-25(34)15-37-22-10-8-18(12-23(22)36-3)13-24-26(35)33(27(38)39-24)20-6-4-5-19(14-20)28(29,30)31/h4-14H,15H2,1-3H3,(H,32,34)/b24-13-. The zero-order chi connectivity index (χ0) is 28.3. The van der Waals surface area contributed by atoms with Crippen LogP contribution in [0.1, 0.15) is 22.3 Å².